The third kappa shape index (κ3) is 4.08. The van der Waals surface area contributed by atoms with Crippen LogP contribution in [0.3, 0.4) is 0 Å². The average molecular weight is 294 g/mol. The molecule has 2 unspecified atom stereocenters. The highest BCUT2D eigenvalue weighted by Gasteiger charge is 2.38. The van der Waals surface area contributed by atoms with E-state index in [1.165, 1.54) is 0 Å². The Bertz CT molecular complexity index is 440. The molecule has 2 aliphatic carbocycles. The van der Waals surface area contributed by atoms with Crippen molar-refractivity contribution in [2.45, 2.75) is 65.4 Å². The van der Waals surface area contributed by atoms with E-state index >= 15 is 0 Å². The van der Waals surface area contributed by atoms with Gasteiger partial charge in [-0.25, -0.2) is 0 Å². The fraction of sp³-hybridized carbons (Fsp3) is 0.765. The Morgan fingerprint density at radius 3 is 2.43 bits per heavy atom. The summed E-state index contributed by atoms with van der Waals surface area (Å²) in [6.45, 7) is 6.39. The normalized spacial score (nSPS) is 29.6. The van der Waals surface area contributed by atoms with Gasteiger partial charge in [-0.15, -0.1) is 0 Å². The number of ether oxygens (including phenoxy) is 1. The van der Waals surface area contributed by atoms with Crippen LogP contribution in [-0.4, -0.2) is 23.1 Å². The van der Waals surface area contributed by atoms with E-state index in [1.54, 1.807) is 0 Å². The lowest BCUT2D eigenvalue weighted by molar-refractivity contribution is -0.164. The maximum absolute atomic E-state index is 12.3. The van der Waals surface area contributed by atoms with Crippen LogP contribution in [0.1, 0.15) is 59.3 Å². The van der Waals surface area contributed by atoms with Gasteiger partial charge in [-0.1, -0.05) is 25.5 Å². The number of carboxylic acid groups (broad SMARTS) is 1. The van der Waals surface area contributed by atoms with Gasteiger partial charge in [0.25, 0.3) is 0 Å². The summed E-state index contributed by atoms with van der Waals surface area (Å²) < 4.78 is 5.61. The van der Waals surface area contributed by atoms with Gasteiger partial charge in [0.05, 0.1) is 11.8 Å². The number of esters is 1. The number of carbonyl (C=O) groups is 2. The van der Waals surface area contributed by atoms with Crippen molar-refractivity contribution >= 4 is 11.9 Å². The highest BCUT2D eigenvalue weighted by atomic mass is 16.5. The monoisotopic (exact) mass is 294 g/mol. The number of aliphatic carboxylic acids is 1. The van der Waals surface area contributed by atoms with E-state index < -0.39 is 17.8 Å². The molecule has 2 rings (SSSR count). The first-order valence-electron chi connectivity index (χ1n) is 7.87. The third-order valence-corrected chi connectivity index (χ3v) is 4.94. The van der Waals surface area contributed by atoms with Crippen LogP contribution in [0.2, 0.25) is 0 Å². The van der Waals surface area contributed by atoms with E-state index in [9.17, 15) is 14.7 Å². The van der Waals surface area contributed by atoms with Crippen molar-refractivity contribution in [1.82, 2.24) is 0 Å². The standard InChI is InChI=1S/C17H26O4/c1-11-4-5-13(14(10-11)15(18)19)16(20)21-12-6-8-17(2,3)9-7-12/h4,12-14H,5-10H2,1-3H3,(H,18,19). The second kappa shape index (κ2) is 6.20. The molecule has 0 aromatic heterocycles. The number of carboxylic acids is 1. The minimum Gasteiger partial charge on any atom is -0.481 e. The molecule has 1 N–H and O–H groups in total. The largest absolute Gasteiger partial charge is 0.481 e. The molecule has 0 saturated heterocycles. The van der Waals surface area contributed by atoms with Gasteiger partial charge in [0, 0.05) is 0 Å². The summed E-state index contributed by atoms with van der Waals surface area (Å²) >= 11 is 0. The van der Waals surface area contributed by atoms with Crippen molar-refractivity contribution < 1.29 is 19.4 Å². The molecular weight excluding hydrogens is 268 g/mol. The first-order chi connectivity index (χ1) is 9.78. The molecule has 1 saturated carbocycles. The van der Waals surface area contributed by atoms with E-state index in [1.807, 2.05) is 13.0 Å². The maximum atomic E-state index is 12.3. The molecule has 0 heterocycles. The predicted octanol–water partition coefficient (Wildman–Crippen LogP) is 3.56. The van der Waals surface area contributed by atoms with Gasteiger partial charge >= 0.3 is 11.9 Å². The molecule has 1 fully saturated rings. The van der Waals surface area contributed by atoms with Gasteiger partial charge in [0.15, 0.2) is 0 Å². The molecule has 0 amide bonds. The van der Waals surface area contributed by atoms with E-state index in [-0.39, 0.29) is 12.1 Å². The summed E-state index contributed by atoms with van der Waals surface area (Å²) in [5.41, 5.74) is 1.38. The number of hydrogen-bond donors (Lipinski definition) is 1. The topological polar surface area (TPSA) is 63.6 Å². The van der Waals surface area contributed by atoms with Gasteiger partial charge in [-0.3, -0.25) is 9.59 Å². The van der Waals surface area contributed by atoms with Gasteiger partial charge in [0.2, 0.25) is 0 Å². The number of allylic oxidation sites excluding steroid dienone is 2. The third-order valence-electron chi connectivity index (χ3n) is 4.94. The van der Waals surface area contributed by atoms with Crippen LogP contribution in [0.4, 0.5) is 0 Å². The first kappa shape index (κ1) is 16.1. The second-order valence-electron chi connectivity index (χ2n) is 7.34. The molecule has 4 nitrogen and oxygen atoms in total. The summed E-state index contributed by atoms with van der Waals surface area (Å²) in [6.07, 6.45) is 6.75. The lowest BCUT2D eigenvalue weighted by Crippen LogP contribution is -2.36. The van der Waals surface area contributed by atoms with Gasteiger partial charge in [-0.2, -0.15) is 0 Å². The lowest BCUT2D eigenvalue weighted by Gasteiger charge is -2.35. The zero-order valence-corrected chi connectivity index (χ0v) is 13.2. The van der Waals surface area contributed by atoms with E-state index in [4.69, 9.17) is 4.74 Å². The summed E-state index contributed by atoms with van der Waals surface area (Å²) in [7, 11) is 0. The van der Waals surface area contributed by atoms with Crippen LogP contribution in [0.15, 0.2) is 11.6 Å². The van der Waals surface area contributed by atoms with Crippen LogP contribution in [0, 0.1) is 17.3 Å². The molecule has 118 valence electrons. The summed E-state index contributed by atoms with van der Waals surface area (Å²) in [6, 6.07) is 0. The summed E-state index contributed by atoms with van der Waals surface area (Å²) in [4.78, 5) is 23.7. The van der Waals surface area contributed by atoms with E-state index in [2.05, 4.69) is 13.8 Å². The molecule has 0 bridgehead atoms. The molecule has 21 heavy (non-hydrogen) atoms. The van der Waals surface area contributed by atoms with Gasteiger partial charge < -0.3 is 9.84 Å². The molecule has 0 aromatic carbocycles. The average Bonchev–Trinajstić information content (AvgIpc) is 2.41. The van der Waals surface area contributed by atoms with Gasteiger partial charge in [-0.05, 0) is 50.9 Å². The van der Waals surface area contributed by atoms with Crippen LogP contribution >= 0.6 is 0 Å². The van der Waals surface area contributed by atoms with Crippen molar-refractivity contribution in [2.75, 3.05) is 0 Å². The SMILES string of the molecule is CC1=CCC(C(=O)OC2CCC(C)(C)CC2)C(C(=O)O)C1. The summed E-state index contributed by atoms with van der Waals surface area (Å²) in [5, 5.41) is 9.31. The van der Waals surface area contributed by atoms with E-state index in [0.717, 1.165) is 31.3 Å². The Kier molecular flexibility index (Phi) is 4.74. The van der Waals surface area contributed by atoms with Crippen molar-refractivity contribution in [1.29, 1.82) is 0 Å². The zero-order chi connectivity index (χ0) is 15.6. The smallest absolute Gasteiger partial charge is 0.310 e. The quantitative estimate of drug-likeness (QED) is 0.638. The van der Waals surface area contributed by atoms with Crippen molar-refractivity contribution in [3.8, 4) is 0 Å². The van der Waals surface area contributed by atoms with Crippen molar-refractivity contribution in [3.63, 3.8) is 0 Å². The van der Waals surface area contributed by atoms with Crippen LogP contribution < -0.4 is 0 Å². The highest BCUT2D eigenvalue weighted by Crippen LogP contribution is 2.37. The number of carbonyl (C=O) groups excluding carboxylic acids is 1. The molecule has 0 aliphatic heterocycles. The fourth-order valence-electron chi connectivity index (χ4n) is 3.33. The molecule has 0 radical (unpaired) electrons. The fourth-order valence-corrected chi connectivity index (χ4v) is 3.33. The Morgan fingerprint density at radius 2 is 1.86 bits per heavy atom. The van der Waals surface area contributed by atoms with Crippen molar-refractivity contribution in [3.05, 3.63) is 11.6 Å². The van der Waals surface area contributed by atoms with Crippen LogP contribution in [-0.2, 0) is 14.3 Å². The molecule has 2 atom stereocenters. The highest BCUT2D eigenvalue weighted by molar-refractivity contribution is 5.82. The minimum atomic E-state index is -0.894. The van der Waals surface area contributed by atoms with Crippen LogP contribution in [0.5, 0.6) is 0 Å². The summed E-state index contributed by atoms with van der Waals surface area (Å²) in [5.74, 6) is -2.38. The van der Waals surface area contributed by atoms with E-state index in [0.29, 0.717) is 18.3 Å². The van der Waals surface area contributed by atoms with Crippen molar-refractivity contribution in [2.24, 2.45) is 17.3 Å². The Hall–Kier alpha value is -1.32. The number of hydrogen-bond acceptors (Lipinski definition) is 3. The second-order valence-corrected chi connectivity index (χ2v) is 7.34. The molecule has 2 aliphatic rings. The molecule has 4 heteroatoms. The maximum Gasteiger partial charge on any atom is 0.310 e. The molecular formula is C17H26O4. The number of rotatable bonds is 3. The Balaban J connectivity index is 1.95. The molecule has 0 spiro atoms. The minimum absolute atomic E-state index is 0.0352. The zero-order valence-electron chi connectivity index (χ0n) is 13.2. The molecule has 0 aromatic rings. The van der Waals surface area contributed by atoms with Gasteiger partial charge in [0.1, 0.15) is 6.10 Å². The van der Waals surface area contributed by atoms with Crippen LogP contribution in [0.25, 0.3) is 0 Å². The Labute approximate surface area is 126 Å². The Morgan fingerprint density at radius 1 is 1.24 bits per heavy atom. The predicted molar refractivity (Wildman–Crippen MR) is 79.7 cm³/mol. The lowest BCUT2D eigenvalue weighted by atomic mass is 9.76. The first-order valence-corrected chi connectivity index (χ1v) is 7.87.